The molecule has 0 aromatic heterocycles. The zero-order valence-electron chi connectivity index (χ0n) is 16.5. The van der Waals surface area contributed by atoms with Gasteiger partial charge in [-0.3, -0.25) is 24.1 Å². The lowest BCUT2D eigenvalue weighted by atomic mass is 9.85. The van der Waals surface area contributed by atoms with E-state index < -0.39 is 48.6 Å². The first-order chi connectivity index (χ1) is 14.3. The van der Waals surface area contributed by atoms with E-state index in [1.165, 1.54) is 24.3 Å². The Balaban J connectivity index is 1.53. The Kier molecular flexibility index (Phi) is 6.43. The number of urea groups is 1. The van der Waals surface area contributed by atoms with Gasteiger partial charge in [0.25, 0.3) is 0 Å². The molecular formula is C20H23FN4O5. The predicted molar refractivity (Wildman–Crippen MR) is 103 cm³/mol. The van der Waals surface area contributed by atoms with Gasteiger partial charge in [0.1, 0.15) is 12.4 Å². The number of amides is 6. The van der Waals surface area contributed by atoms with E-state index >= 15 is 0 Å². The first kappa shape index (κ1) is 21.4. The minimum absolute atomic E-state index is 0.0865. The Hall–Kier alpha value is -3.30. The van der Waals surface area contributed by atoms with E-state index in [9.17, 15) is 28.4 Å². The van der Waals surface area contributed by atoms with Gasteiger partial charge in [-0.25, -0.2) is 14.1 Å². The molecule has 2 aliphatic rings. The SMILES string of the molecule is C[C@@H]1CCCC[C@H]1N1C(=O)C(=O)N(CC(=O)NCC(=O)Nc2ccc(F)cc2)C1=O. The molecule has 6 amide bonds. The Labute approximate surface area is 172 Å². The molecule has 9 nitrogen and oxygen atoms in total. The third kappa shape index (κ3) is 4.64. The van der Waals surface area contributed by atoms with Crippen LogP contribution in [0.1, 0.15) is 32.6 Å². The van der Waals surface area contributed by atoms with E-state index in [1.54, 1.807) is 0 Å². The fraction of sp³-hybridized carbons (Fsp3) is 0.450. The molecule has 0 radical (unpaired) electrons. The molecule has 0 spiro atoms. The van der Waals surface area contributed by atoms with Crippen LogP contribution in [0.4, 0.5) is 14.9 Å². The van der Waals surface area contributed by atoms with Gasteiger partial charge in [-0.05, 0) is 43.0 Å². The molecule has 1 heterocycles. The molecule has 0 bridgehead atoms. The second-order valence-electron chi connectivity index (χ2n) is 7.51. The molecule has 1 saturated carbocycles. The minimum Gasteiger partial charge on any atom is -0.345 e. The normalized spacial score (nSPS) is 21.7. The van der Waals surface area contributed by atoms with E-state index in [0.717, 1.165) is 24.2 Å². The van der Waals surface area contributed by atoms with Gasteiger partial charge < -0.3 is 10.6 Å². The van der Waals surface area contributed by atoms with Gasteiger partial charge in [0.2, 0.25) is 11.8 Å². The molecular weight excluding hydrogens is 395 g/mol. The van der Waals surface area contributed by atoms with Crippen molar-refractivity contribution in [3.05, 3.63) is 30.1 Å². The standard InChI is InChI=1S/C20H23FN4O5/c1-12-4-2-3-5-15(12)25-19(29)18(28)24(20(25)30)11-17(27)22-10-16(26)23-14-8-6-13(21)7-9-14/h6-9,12,15H,2-5,10-11H2,1H3,(H,22,27)(H,23,26)/t12-,15-/m1/s1. The molecule has 0 unspecified atom stereocenters. The lowest BCUT2D eigenvalue weighted by Crippen LogP contribution is -2.47. The van der Waals surface area contributed by atoms with E-state index in [4.69, 9.17) is 0 Å². The largest absolute Gasteiger partial charge is 0.345 e. The summed E-state index contributed by atoms with van der Waals surface area (Å²) in [4.78, 5) is 62.8. The van der Waals surface area contributed by atoms with Gasteiger partial charge in [-0.15, -0.1) is 0 Å². The third-order valence-corrected chi connectivity index (χ3v) is 5.36. The van der Waals surface area contributed by atoms with Gasteiger partial charge in [0, 0.05) is 11.7 Å². The predicted octanol–water partition coefficient (Wildman–Crippen LogP) is 1.25. The summed E-state index contributed by atoms with van der Waals surface area (Å²) in [7, 11) is 0. The van der Waals surface area contributed by atoms with Crippen molar-refractivity contribution < 1.29 is 28.4 Å². The summed E-state index contributed by atoms with van der Waals surface area (Å²) in [6, 6.07) is 3.93. The molecule has 2 N–H and O–H groups in total. The highest BCUT2D eigenvalue weighted by atomic mass is 19.1. The van der Waals surface area contributed by atoms with Crippen molar-refractivity contribution in [3.63, 3.8) is 0 Å². The fourth-order valence-corrected chi connectivity index (χ4v) is 3.75. The summed E-state index contributed by atoms with van der Waals surface area (Å²) in [6.07, 6.45) is 3.37. The van der Waals surface area contributed by atoms with Gasteiger partial charge in [-0.2, -0.15) is 0 Å². The van der Waals surface area contributed by atoms with Crippen molar-refractivity contribution >= 4 is 35.3 Å². The monoisotopic (exact) mass is 418 g/mol. The van der Waals surface area contributed by atoms with Crippen molar-refractivity contribution in [2.45, 2.75) is 38.6 Å². The third-order valence-electron chi connectivity index (χ3n) is 5.36. The lowest BCUT2D eigenvalue weighted by molar-refractivity contribution is -0.145. The number of halogens is 1. The second-order valence-corrected chi connectivity index (χ2v) is 7.51. The van der Waals surface area contributed by atoms with Crippen LogP contribution >= 0.6 is 0 Å². The highest BCUT2D eigenvalue weighted by Gasteiger charge is 2.49. The van der Waals surface area contributed by atoms with Crippen LogP contribution in [-0.4, -0.2) is 58.6 Å². The first-order valence-corrected chi connectivity index (χ1v) is 9.79. The number of benzene rings is 1. The Morgan fingerprint density at radius 3 is 2.37 bits per heavy atom. The molecule has 1 aliphatic carbocycles. The minimum atomic E-state index is -1.04. The molecule has 1 aromatic rings. The number of anilines is 1. The average molecular weight is 418 g/mol. The van der Waals surface area contributed by atoms with Crippen LogP contribution in [0.15, 0.2) is 24.3 Å². The molecule has 1 saturated heterocycles. The maximum absolute atomic E-state index is 12.9. The van der Waals surface area contributed by atoms with Crippen molar-refractivity contribution in [1.29, 1.82) is 0 Å². The van der Waals surface area contributed by atoms with Crippen LogP contribution in [0, 0.1) is 11.7 Å². The first-order valence-electron chi connectivity index (χ1n) is 9.79. The summed E-state index contributed by atoms with van der Waals surface area (Å²) in [6.45, 7) is 0.874. The molecule has 10 heteroatoms. The van der Waals surface area contributed by atoms with E-state index in [1.807, 2.05) is 6.92 Å². The molecule has 2 fully saturated rings. The number of nitrogens with zero attached hydrogens (tertiary/aromatic N) is 2. The van der Waals surface area contributed by atoms with Crippen molar-refractivity contribution in [3.8, 4) is 0 Å². The Morgan fingerprint density at radius 2 is 1.70 bits per heavy atom. The van der Waals surface area contributed by atoms with E-state index in [-0.39, 0.29) is 12.0 Å². The molecule has 1 aliphatic heterocycles. The topological polar surface area (TPSA) is 116 Å². The van der Waals surface area contributed by atoms with Gasteiger partial charge in [0.15, 0.2) is 0 Å². The molecule has 3 rings (SSSR count). The lowest BCUT2D eigenvalue weighted by Gasteiger charge is -2.34. The van der Waals surface area contributed by atoms with Gasteiger partial charge in [-0.1, -0.05) is 19.8 Å². The average Bonchev–Trinajstić information content (AvgIpc) is 2.92. The van der Waals surface area contributed by atoms with Crippen LogP contribution in [0.5, 0.6) is 0 Å². The zero-order chi connectivity index (χ0) is 21.8. The Bertz CT molecular complexity index is 872. The maximum atomic E-state index is 12.9. The number of hydrogen-bond donors (Lipinski definition) is 2. The molecule has 30 heavy (non-hydrogen) atoms. The van der Waals surface area contributed by atoms with Crippen molar-refractivity contribution in [2.75, 3.05) is 18.4 Å². The van der Waals surface area contributed by atoms with Crippen LogP contribution in [0.25, 0.3) is 0 Å². The van der Waals surface area contributed by atoms with E-state index in [0.29, 0.717) is 17.0 Å². The quantitative estimate of drug-likeness (QED) is 0.533. The summed E-state index contributed by atoms with van der Waals surface area (Å²) >= 11 is 0. The summed E-state index contributed by atoms with van der Waals surface area (Å²) in [5.74, 6) is -3.64. The number of carbonyl (C=O) groups is 5. The zero-order valence-corrected chi connectivity index (χ0v) is 16.5. The van der Waals surface area contributed by atoms with Crippen LogP contribution in [-0.2, 0) is 19.2 Å². The molecule has 2 atom stereocenters. The van der Waals surface area contributed by atoms with Crippen molar-refractivity contribution in [2.24, 2.45) is 5.92 Å². The maximum Gasteiger partial charge on any atom is 0.334 e. The summed E-state index contributed by atoms with van der Waals surface area (Å²) in [5, 5.41) is 4.77. The summed E-state index contributed by atoms with van der Waals surface area (Å²) < 4.78 is 12.9. The smallest absolute Gasteiger partial charge is 0.334 e. The highest BCUT2D eigenvalue weighted by Crippen LogP contribution is 2.31. The fourth-order valence-electron chi connectivity index (χ4n) is 3.75. The molecule has 160 valence electrons. The second kappa shape index (κ2) is 9.02. The van der Waals surface area contributed by atoms with Gasteiger partial charge in [0.05, 0.1) is 6.54 Å². The number of carbonyl (C=O) groups excluding carboxylic acids is 5. The Morgan fingerprint density at radius 1 is 1.03 bits per heavy atom. The van der Waals surface area contributed by atoms with Crippen LogP contribution in [0.2, 0.25) is 0 Å². The van der Waals surface area contributed by atoms with Crippen LogP contribution < -0.4 is 10.6 Å². The van der Waals surface area contributed by atoms with E-state index in [2.05, 4.69) is 10.6 Å². The van der Waals surface area contributed by atoms with Crippen LogP contribution in [0.3, 0.4) is 0 Å². The number of imide groups is 2. The number of nitrogens with one attached hydrogen (secondary N) is 2. The van der Waals surface area contributed by atoms with Crippen molar-refractivity contribution in [1.82, 2.24) is 15.1 Å². The summed E-state index contributed by atoms with van der Waals surface area (Å²) in [5.41, 5.74) is 0.350. The number of rotatable bonds is 6. The number of hydrogen-bond acceptors (Lipinski definition) is 5. The molecule has 1 aromatic carbocycles. The highest BCUT2D eigenvalue weighted by molar-refractivity contribution is 6.45. The van der Waals surface area contributed by atoms with Gasteiger partial charge >= 0.3 is 17.8 Å².